The molecule has 0 saturated carbocycles. The van der Waals surface area contributed by atoms with E-state index in [1.165, 1.54) is 0 Å². The minimum Gasteiger partial charge on any atom is -0.496 e. The number of methoxy groups -OCH3 is 1. The maximum Gasteiger partial charge on any atom is 0.205 e. The Labute approximate surface area is 163 Å². The normalized spacial score (nSPS) is 21.6. The lowest BCUT2D eigenvalue weighted by Crippen LogP contribution is -2.30. The molecule has 0 saturated heterocycles. The average Bonchev–Trinajstić information content (AvgIpc) is 2.73. The SMILES string of the molecule is COc1ccccc1C1C(C#N)=C(N)OC2=C1C(=O)CC(c1ccccc1)C2. The summed E-state index contributed by atoms with van der Waals surface area (Å²) < 4.78 is 11.3. The fourth-order valence-corrected chi connectivity index (χ4v) is 4.08. The standard InChI is InChI=1S/C23H20N2O3/c1-27-19-10-6-5-9-16(19)21-17(13-24)23(25)28-20-12-15(11-18(26)22(20)21)14-7-3-2-4-8-14/h2-10,15,21H,11-12,25H2,1H3. The van der Waals surface area contributed by atoms with Crippen LogP contribution in [0.15, 0.2) is 77.4 Å². The molecule has 0 spiro atoms. The molecule has 2 atom stereocenters. The fraction of sp³-hybridized carbons (Fsp3) is 0.217. The van der Waals surface area contributed by atoms with Crippen LogP contribution in [0.2, 0.25) is 0 Å². The number of benzene rings is 2. The molecule has 2 aromatic rings. The number of nitrogens with zero attached hydrogens (tertiary/aromatic N) is 1. The topological polar surface area (TPSA) is 85.3 Å². The van der Waals surface area contributed by atoms with Gasteiger partial charge in [0.15, 0.2) is 5.78 Å². The van der Waals surface area contributed by atoms with Crippen molar-refractivity contribution < 1.29 is 14.3 Å². The molecule has 0 amide bonds. The van der Waals surface area contributed by atoms with E-state index in [1.54, 1.807) is 7.11 Å². The number of Topliss-reactive ketones (excluding diaryl/α,β-unsaturated/α-hetero) is 1. The Morgan fingerprint density at radius 3 is 2.54 bits per heavy atom. The molecule has 1 aliphatic carbocycles. The third-order valence-electron chi connectivity index (χ3n) is 5.38. The number of ether oxygens (including phenoxy) is 2. The van der Waals surface area contributed by atoms with Gasteiger partial charge in [0.25, 0.3) is 0 Å². The quantitative estimate of drug-likeness (QED) is 0.883. The highest BCUT2D eigenvalue weighted by atomic mass is 16.5. The molecular weight excluding hydrogens is 352 g/mol. The maximum atomic E-state index is 13.2. The van der Waals surface area contributed by atoms with Gasteiger partial charge in [-0.1, -0.05) is 48.5 Å². The highest BCUT2D eigenvalue weighted by Crippen LogP contribution is 2.48. The molecule has 2 aliphatic rings. The number of para-hydroxylation sites is 1. The van der Waals surface area contributed by atoms with Crippen molar-refractivity contribution in [2.45, 2.75) is 24.7 Å². The van der Waals surface area contributed by atoms with Crippen LogP contribution in [-0.4, -0.2) is 12.9 Å². The Hall–Kier alpha value is -3.52. The van der Waals surface area contributed by atoms with Crippen LogP contribution >= 0.6 is 0 Å². The summed E-state index contributed by atoms with van der Waals surface area (Å²) in [6.07, 6.45) is 0.937. The summed E-state index contributed by atoms with van der Waals surface area (Å²) in [6.45, 7) is 0. The molecule has 1 heterocycles. The van der Waals surface area contributed by atoms with E-state index in [4.69, 9.17) is 15.2 Å². The van der Waals surface area contributed by atoms with Crippen molar-refractivity contribution in [2.24, 2.45) is 5.73 Å². The molecule has 2 aromatic carbocycles. The molecule has 2 unspecified atom stereocenters. The Bertz CT molecular complexity index is 1030. The number of hydrogen-bond acceptors (Lipinski definition) is 5. The minimum absolute atomic E-state index is 0.0220. The zero-order chi connectivity index (χ0) is 19.7. The van der Waals surface area contributed by atoms with Gasteiger partial charge in [0, 0.05) is 24.0 Å². The Kier molecular flexibility index (Phi) is 4.62. The molecule has 5 nitrogen and oxygen atoms in total. The van der Waals surface area contributed by atoms with E-state index in [0.29, 0.717) is 29.9 Å². The van der Waals surface area contributed by atoms with Gasteiger partial charge in [-0.2, -0.15) is 5.26 Å². The molecule has 140 valence electrons. The Morgan fingerprint density at radius 2 is 1.82 bits per heavy atom. The number of rotatable bonds is 3. The zero-order valence-electron chi connectivity index (χ0n) is 15.5. The van der Waals surface area contributed by atoms with Crippen molar-refractivity contribution in [1.82, 2.24) is 0 Å². The van der Waals surface area contributed by atoms with Gasteiger partial charge in [0.2, 0.25) is 5.88 Å². The van der Waals surface area contributed by atoms with Crippen LogP contribution in [-0.2, 0) is 9.53 Å². The maximum absolute atomic E-state index is 13.2. The van der Waals surface area contributed by atoms with Crippen LogP contribution < -0.4 is 10.5 Å². The largest absolute Gasteiger partial charge is 0.496 e. The van der Waals surface area contributed by atoms with Crippen LogP contribution in [0.1, 0.15) is 35.8 Å². The lowest BCUT2D eigenvalue weighted by Gasteiger charge is -2.34. The van der Waals surface area contributed by atoms with Gasteiger partial charge in [-0.25, -0.2) is 0 Å². The molecule has 0 fully saturated rings. The van der Waals surface area contributed by atoms with Gasteiger partial charge in [0.05, 0.1) is 13.0 Å². The number of hydrogen-bond donors (Lipinski definition) is 1. The molecule has 0 radical (unpaired) electrons. The van der Waals surface area contributed by atoms with Crippen LogP contribution in [0.25, 0.3) is 0 Å². The van der Waals surface area contributed by atoms with Crippen LogP contribution in [0.5, 0.6) is 5.75 Å². The third-order valence-corrected chi connectivity index (χ3v) is 5.38. The molecular formula is C23H20N2O3. The molecule has 1 aliphatic heterocycles. The van der Waals surface area contributed by atoms with Crippen LogP contribution in [0, 0.1) is 11.3 Å². The monoisotopic (exact) mass is 372 g/mol. The van der Waals surface area contributed by atoms with Gasteiger partial charge in [-0.05, 0) is 17.5 Å². The number of nitrogens with two attached hydrogens (primary N) is 1. The predicted octanol–water partition coefficient (Wildman–Crippen LogP) is 3.90. The summed E-state index contributed by atoms with van der Waals surface area (Å²) in [7, 11) is 1.57. The van der Waals surface area contributed by atoms with Crippen LogP contribution in [0.3, 0.4) is 0 Å². The third kappa shape index (κ3) is 2.93. The molecule has 2 N–H and O–H groups in total. The Morgan fingerprint density at radius 1 is 1.11 bits per heavy atom. The first kappa shape index (κ1) is 17.9. The molecule has 0 aromatic heterocycles. The van der Waals surface area contributed by atoms with E-state index >= 15 is 0 Å². The number of carbonyl (C=O) groups is 1. The van der Waals surface area contributed by atoms with Gasteiger partial charge < -0.3 is 15.2 Å². The van der Waals surface area contributed by atoms with Crippen LogP contribution in [0.4, 0.5) is 0 Å². The Balaban J connectivity index is 1.83. The van der Waals surface area contributed by atoms with Crippen molar-refractivity contribution in [2.75, 3.05) is 7.11 Å². The minimum atomic E-state index is -0.575. The second-order valence-corrected chi connectivity index (χ2v) is 6.94. The fourth-order valence-electron chi connectivity index (χ4n) is 4.08. The summed E-state index contributed by atoms with van der Waals surface area (Å²) in [5, 5.41) is 9.72. The van der Waals surface area contributed by atoms with Gasteiger partial charge >= 0.3 is 0 Å². The summed E-state index contributed by atoms with van der Waals surface area (Å²) in [5.74, 6) is 0.651. The second kappa shape index (κ2) is 7.24. The summed E-state index contributed by atoms with van der Waals surface area (Å²) in [4.78, 5) is 13.2. The molecule has 28 heavy (non-hydrogen) atoms. The van der Waals surface area contributed by atoms with E-state index in [0.717, 1.165) is 11.1 Å². The van der Waals surface area contributed by atoms with E-state index in [9.17, 15) is 10.1 Å². The van der Waals surface area contributed by atoms with Gasteiger partial charge in [-0.15, -0.1) is 0 Å². The smallest absolute Gasteiger partial charge is 0.205 e. The summed E-state index contributed by atoms with van der Waals surface area (Å²) in [6, 6.07) is 19.4. The van der Waals surface area contributed by atoms with Crippen molar-refractivity contribution in [3.63, 3.8) is 0 Å². The zero-order valence-corrected chi connectivity index (χ0v) is 15.5. The first-order valence-corrected chi connectivity index (χ1v) is 9.15. The molecule has 0 bridgehead atoms. The number of allylic oxidation sites excluding steroid dienone is 3. The summed E-state index contributed by atoms with van der Waals surface area (Å²) in [5.41, 5.74) is 8.69. The van der Waals surface area contributed by atoms with Crippen molar-refractivity contribution in [1.29, 1.82) is 5.26 Å². The van der Waals surface area contributed by atoms with Crippen molar-refractivity contribution in [3.8, 4) is 11.8 Å². The second-order valence-electron chi connectivity index (χ2n) is 6.94. The van der Waals surface area contributed by atoms with E-state index in [-0.39, 0.29) is 23.2 Å². The summed E-state index contributed by atoms with van der Waals surface area (Å²) >= 11 is 0. The number of nitriles is 1. The number of carbonyl (C=O) groups excluding carboxylic acids is 1. The first-order chi connectivity index (χ1) is 13.6. The van der Waals surface area contributed by atoms with Gasteiger partial charge in [0.1, 0.15) is 23.2 Å². The average molecular weight is 372 g/mol. The first-order valence-electron chi connectivity index (χ1n) is 9.15. The van der Waals surface area contributed by atoms with Crippen molar-refractivity contribution >= 4 is 5.78 Å². The highest BCUT2D eigenvalue weighted by Gasteiger charge is 2.41. The lowest BCUT2D eigenvalue weighted by molar-refractivity contribution is -0.117. The number of ketones is 1. The van der Waals surface area contributed by atoms with E-state index < -0.39 is 5.92 Å². The lowest BCUT2D eigenvalue weighted by atomic mass is 9.73. The van der Waals surface area contributed by atoms with E-state index in [1.807, 2.05) is 54.6 Å². The van der Waals surface area contributed by atoms with E-state index in [2.05, 4.69) is 6.07 Å². The predicted molar refractivity (Wildman–Crippen MR) is 104 cm³/mol. The van der Waals surface area contributed by atoms with Crippen molar-refractivity contribution in [3.05, 3.63) is 88.5 Å². The highest BCUT2D eigenvalue weighted by molar-refractivity contribution is 6.00. The molecule has 5 heteroatoms. The molecule has 4 rings (SSSR count). The van der Waals surface area contributed by atoms with Gasteiger partial charge in [-0.3, -0.25) is 4.79 Å².